The molecule has 4 nitrogen and oxygen atoms in total. The molecule has 0 spiro atoms. The van der Waals surface area contributed by atoms with E-state index >= 15 is 0 Å². The highest BCUT2D eigenvalue weighted by atomic mass is 32.1. The number of aromatic nitrogens is 1. The van der Waals surface area contributed by atoms with E-state index in [1.54, 1.807) is 11.0 Å². The summed E-state index contributed by atoms with van der Waals surface area (Å²) in [6.45, 7) is 1.29. The molecule has 0 saturated carbocycles. The van der Waals surface area contributed by atoms with Crippen LogP contribution in [0.5, 0.6) is 0 Å². The van der Waals surface area contributed by atoms with Crippen LogP contribution in [0.1, 0.15) is 17.8 Å². The lowest BCUT2D eigenvalue weighted by atomic mass is 10.2. The van der Waals surface area contributed by atoms with E-state index < -0.39 is 17.5 Å². The molecule has 138 valence electrons. The molecular weight excluding hydrogens is 368 g/mol. The SMILES string of the molecule is O=C(/C=C/c1nc2ccccc2s1)Nc1cc(F)c(N2CCCC2)c(F)c1. The van der Waals surface area contributed by atoms with Crippen molar-refractivity contribution in [1.29, 1.82) is 0 Å². The minimum Gasteiger partial charge on any atom is -0.367 e. The quantitative estimate of drug-likeness (QED) is 0.655. The molecule has 1 amide bonds. The molecule has 0 atom stereocenters. The van der Waals surface area contributed by atoms with Crippen molar-refractivity contribution in [3.63, 3.8) is 0 Å². The number of benzene rings is 2. The van der Waals surface area contributed by atoms with Gasteiger partial charge in [0.2, 0.25) is 5.91 Å². The van der Waals surface area contributed by atoms with Crippen molar-refractivity contribution < 1.29 is 13.6 Å². The summed E-state index contributed by atoms with van der Waals surface area (Å²) in [6, 6.07) is 9.99. The van der Waals surface area contributed by atoms with E-state index in [-0.39, 0.29) is 11.4 Å². The third kappa shape index (κ3) is 3.83. The predicted octanol–water partition coefficient (Wildman–Crippen LogP) is 4.83. The Hall–Kier alpha value is -2.80. The van der Waals surface area contributed by atoms with E-state index in [4.69, 9.17) is 0 Å². The highest BCUT2D eigenvalue weighted by Crippen LogP contribution is 2.29. The Balaban J connectivity index is 1.47. The first kappa shape index (κ1) is 17.6. The molecule has 1 aliphatic rings. The van der Waals surface area contributed by atoms with Gasteiger partial charge >= 0.3 is 0 Å². The summed E-state index contributed by atoms with van der Waals surface area (Å²) < 4.78 is 29.7. The van der Waals surface area contributed by atoms with Crippen molar-refractivity contribution >= 4 is 44.9 Å². The van der Waals surface area contributed by atoms with E-state index in [2.05, 4.69) is 10.3 Å². The van der Waals surface area contributed by atoms with Crippen molar-refractivity contribution in [3.8, 4) is 0 Å². The number of amides is 1. The number of carbonyl (C=O) groups excluding carboxylic acids is 1. The number of fused-ring (bicyclic) bond motifs is 1. The minimum absolute atomic E-state index is 0.0180. The maximum absolute atomic E-state index is 14.3. The second kappa shape index (κ2) is 7.44. The Labute approximate surface area is 159 Å². The van der Waals surface area contributed by atoms with Crippen LogP contribution in [-0.4, -0.2) is 24.0 Å². The van der Waals surface area contributed by atoms with Gasteiger partial charge in [-0.1, -0.05) is 12.1 Å². The zero-order valence-electron chi connectivity index (χ0n) is 14.4. The van der Waals surface area contributed by atoms with Crippen LogP contribution >= 0.6 is 11.3 Å². The zero-order valence-corrected chi connectivity index (χ0v) is 15.2. The number of thiazole rings is 1. The number of hydrogen-bond acceptors (Lipinski definition) is 4. The van der Waals surface area contributed by atoms with Crippen LogP contribution in [0.15, 0.2) is 42.5 Å². The van der Waals surface area contributed by atoms with E-state index in [9.17, 15) is 13.6 Å². The van der Waals surface area contributed by atoms with E-state index in [1.165, 1.54) is 17.4 Å². The molecule has 1 aromatic heterocycles. The lowest BCUT2D eigenvalue weighted by Crippen LogP contribution is -2.21. The average Bonchev–Trinajstić information content (AvgIpc) is 3.28. The summed E-state index contributed by atoms with van der Waals surface area (Å²) in [5.74, 6) is -1.80. The van der Waals surface area contributed by atoms with E-state index in [1.807, 2.05) is 24.3 Å². The van der Waals surface area contributed by atoms with Gasteiger partial charge in [0.05, 0.1) is 10.2 Å². The monoisotopic (exact) mass is 385 g/mol. The third-order valence-corrected chi connectivity index (χ3v) is 5.40. The number of carbonyl (C=O) groups is 1. The largest absolute Gasteiger partial charge is 0.367 e. The van der Waals surface area contributed by atoms with Crippen molar-refractivity contribution in [2.24, 2.45) is 0 Å². The molecule has 7 heteroatoms. The smallest absolute Gasteiger partial charge is 0.248 e. The van der Waals surface area contributed by atoms with Gasteiger partial charge in [-0.3, -0.25) is 4.79 Å². The second-order valence-corrected chi connectivity index (χ2v) is 7.39. The summed E-state index contributed by atoms with van der Waals surface area (Å²) >= 11 is 1.46. The number of anilines is 2. The number of hydrogen-bond donors (Lipinski definition) is 1. The van der Waals surface area contributed by atoms with Gasteiger partial charge in [0.15, 0.2) is 11.6 Å². The van der Waals surface area contributed by atoms with Crippen LogP contribution in [0.3, 0.4) is 0 Å². The molecule has 27 heavy (non-hydrogen) atoms. The molecule has 0 unspecified atom stereocenters. The van der Waals surface area contributed by atoms with Crippen LogP contribution in [-0.2, 0) is 4.79 Å². The van der Waals surface area contributed by atoms with Gasteiger partial charge in [0, 0.05) is 24.9 Å². The van der Waals surface area contributed by atoms with Crippen LogP contribution < -0.4 is 10.2 Å². The Morgan fingerprint density at radius 1 is 1.15 bits per heavy atom. The highest BCUT2D eigenvalue weighted by molar-refractivity contribution is 7.19. The number of rotatable bonds is 4. The number of nitrogens with zero attached hydrogens (tertiary/aromatic N) is 2. The molecule has 2 heterocycles. The zero-order chi connectivity index (χ0) is 18.8. The summed E-state index contributed by atoms with van der Waals surface area (Å²) in [4.78, 5) is 18.2. The fraction of sp³-hybridized carbons (Fsp3) is 0.200. The Kier molecular flexibility index (Phi) is 4.85. The normalized spacial score (nSPS) is 14.4. The van der Waals surface area contributed by atoms with E-state index in [0.717, 1.165) is 35.2 Å². The van der Waals surface area contributed by atoms with Crippen LogP contribution in [0, 0.1) is 11.6 Å². The van der Waals surface area contributed by atoms with Crippen LogP contribution in [0.4, 0.5) is 20.2 Å². The van der Waals surface area contributed by atoms with Gasteiger partial charge in [0.25, 0.3) is 0 Å². The van der Waals surface area contributed by atoms with Crippen molar-refractivity contribution in [2.75, 3.05) is 23.3 Å². The Morgan fingerprint density at radius 2 is 1.85 bits per heavy atom. The molecule has 0 aliphatic carbocycles. The first-order chi connectivity index (χ1) is 13.1. The molecule has 0 bridgehead atoms. The fourth-order valence-electron chi connectivity index (χ4n) is 3.17. The van der Waals surface area contributed by atoms with Gasteiger partial charge in [-0.05, 0) is 43.2 Å². The lowest BCUT2D eigenvalue weighted by molar-refractivity contribution is -0.111. The average molecular weight is 385 g/mol. The first-order valence-electron chi connectivity index (χ1n) is 8.69. The summed E-state index contributed by atoms with van der Waals surface area (Å²) in [5.41, 5.74) is 0.937. The summed E-state index contributed by atoms with van der Waals surface area (Å²) in [5, 5.41) is 3.19. The van der Waals surface area contributed by atoms with Gasteiger partial charge < -0.3 is 10.2 Å². The lowest BCUT2D eigenvalue weighted by Gasteiger charge is -2.19. The molecule has 0 radical (unpaired) electrons. The summed E-state index contributed by atoms with van der Waals surface area (Å²) in [6.07, 6.45) is 4.75. The third-order valence-electron chi connectivity index (χ3n) is 4.39. The van der Waals surface area contributed by atoms with Gasteiger partial charge in [-0.25, -0.2) is 13.8 Å². The highest BCUT2D eigenvalue weighted by Gasteiger charge is 2.21. The summed E-state index contributed by atoms with van der Waals surface area (Å²) in [7, 11) is 0. The van der Waals surface area contributed by atoms with Crippen molar-refractivity contribution in [1.82, 2.24) is 4.98 Å². The van der Waals surface area contributed by atoms with Gasteiger partial charge in [-0.2, -0.15) is 0 Å². The Bertz CT molecular complexity index is 969. The maximum Gasteiger partial charge on any atom is 0.248 e. The van der Waals surface area contributed by atoms with Gasteiger partial charge in [0.1, 0.15) is 10.7 Å². The molecule has 1 N–H and O–H groups in total. The van der Waals surface area contributed by atoms with Crippen molar-refractivity contribution in [3.05, 3.63) is 59.1 Å². The van der Waals surface area contributed by atoms with Crippen LogP contribution in [0.2, 0.25) is 0 Å². The van der Waals surface area contributed by atoms with Crippen molar-refractivity contribution in [2.45, 2.75) is 12.8 Å². The molecule has 1 fully saturated rings. The standard InChI is InChI=1S/C20H17F2N3OS/c21-14-11-13(12-15(22)20(14)25-9-3-4-10-25)23-18(26)7-8-19-24-16-5-1-2-6-17(16)27-19/h1-2,5-8,11-12H,3-4,9-10H2,(H,23,26)/b8-7+. The molecule has 3 aromatic rings. The fourth-order valence-corrected chi connectivity index (χ4v) is 4.04. The molecule has 1 saturated heterocycles. The number of para-hydroxylation sites is 1. The first-order valence-corrected chi connectivity index (χ1v) is 9.50. The predicted molar refractivity (Wildman–Crippen MR) is 105 cm³/mol. The van der Waals surface area contributed by atoms with Crippen LogP contribution in [0.25, 0.3) is 16.3 Å². The molecular formula is C20H17F2N3OS. The minimum atomic E-state index is -0.664. The topological polar surface area (TPSA) is 45.2 Å². The molecule has 4 rings (SSSR count). The van der Waals surface area contributed by atoms with E-state index in [0.29, 0.717) is 18.1 Å². The second-order valence-electron chi connectivity index (χ2n) is 6.33. The number of nitrogens with one attached hydrogen (secondary N) is 1. The Morgan fingerprint density at radius 3 is 2.56 bits per heavy atom. The maximum atomic E-state index is 14.3. The number of halogens is 2. The molecule has 1 aliphatic heterocycles. The van der Waals surface area contributed by atoms with Gasteiger partial charge in [-0.15, -0.1) is 11.3 Å². The molecule has 2 aromatic carbocycles.